The van der Waals surface area contributed by atoms with Crippen molar-refractivity contribution in [2.45, 2.75) is 32.9 Å². The second-order valence-electron chi connectivity index (χ2n) is 6.01. The molecule has 3 aromatic rings. The Balaban J connectivity index is 1.71. The van der Waals surface area contributed by atoms with Crippen LogP contribution >= 0.6 is 0 Å². The van der Waals surface area contributed by atoms with Crippen LogP contribution in [-0.2, 0) is 13.1 Å². The number of aromatic nitrogens is 2. The summed E-state index contributed by atoms with van der Waals surface area (Å²) in [4.78, 5) is 6.58. The first-order chi connectivity index (χ1) is 11.1. The Morgan fingerprint density at radius 1 is 1.09 bits per heavy atom. The molecule has 120 valence electrons. The van der Waals surface area contributed by atoms with Crippen LogP contribution in [0.25, 0.3) is 11.3 Å². The average molecular weight is 311 g/mol. The van der Waals surface area contributed by atoms with E-state index in [9.17, 15) is 0 Å². The largest absolute Gasteiger partial charge is 0.464 e. The van der Waals surface area contributed by atoms with E-state index in [0.29, 0.717) is 12.4 Å². The van der Waals surface area contributed by atoms with Crippen LogP contribution in [-0.4, -0.2) is 22.1 Å². The smallest absolute Gasteiger partial charge is 0.240 e. The Kier molecular flexibility index (Phi) is 4.57. The Bertz CT molecular complexity index is 747. The molecule has 5 heteroatoms. The van der Waals surface area contributed by atoms with E-state index < -0.39 is 0 Å². The molecule has 0 saturated heterocycles. The average Bonchev–Trinajstić information content (AvgIpc) is 3.19. The summed E-state index contributed by atoms with van der Waals surface area (Å²) in [7, 11) is 2.04. The third-order valence-corrected chi connectivity index (χ3v) is 3.65. The minimum atomic E-state index is 0.275. The van der Waals surface area contributed by atoms with Crippen molar-refractivity contribution >= 4 is 0 Å². The third-order valence-electron chi connectivity index (χ3n) is 3.65. The molecule has 0 bridgehead atoms. The van der Waals surface area contributed by atoms with Gasteiger partial charge in [0.15, 0.2) is 5.82 Å². The Morgan fingerprint density at radius 2 is 1.91 bits per heavy atom. The molecule has 0 atom stereocenters. The van der Waals surface area contributed by atoms with Crippen molar-refractivity contribution in [2.75, 3.05) is 7.05 Å². The molecule has 0 unspecified atom stereocenters. The van der Waals surface area contributed by atoms with E-state index >= 15 is 0 Å². The van der Waals surface area contributed by atoms with Gasteiger partial charge in [-0.3, -0.25) is 4.90 Å². The standard InChI is InChI=1S/C18H21N3O2/c1-13(2)18-19-17(23-20-18)12-21(3)11-14-7-4-5-8-15(14)16-9-6-10-22-16/h4-10,13H,11-12H2,1-3H3. The summed E-state index contributed by atoms with van der Waals surface area (Å²) in [6, 6.07) is 12.1. The van der Waals surface area contributed by atoms with Gasteiger partial charge in [-0.15, -0.1) is 0 Å². The molecule has 0 aliphatic heterocycles. The van der Waals surface area contributed by atoms with E-state index in [2.05, 4.69) is 41.0 Å². The summed E-state index contributed by atoms with van der Waals surface area (Å²) in [6.07, 6.45) is 1.70. The first kappa shape index (κ1) is 15.5. The molecule has 1 aromatic carbocycles. The predicted molar refractivity (Wildman–Crippen MR) is 87.7 cm³/mol. The summed E-state index contributed by atoms with van der Waals surface area (Å²) in [5.41, 5.74) is 2.31. The fourth-order valence-corrected chi connectivity index (χ4v) is 2.47. The molecule has 0 saturated carbocycles. The van der Waals surface area contributed by atoms with Crippen molar-refractivity contribution in [1.29, 1.82) is 0 Å². The molecular weight excluding hydrogens is 290 g/mol. The number of nitrogens with zero attached hydrogens (tertiary/aromatic N) is 3. The third kappa shape index (κ3) is 3.68. The van der Waals surface area contributed by atoms with Crippen LogP contribution < -0.4 is 0 Å². The number of furan rings is 1. The Hall–Kier alpha value is -2.40. The van der Waals surface area contributed by atoms with Gasteiger partial charge in [0.25, 0.3) is 0 Å². The molecule has 0 aliphatic rings. The number of benzene rings is 1. The van der Waals surface area contributed by atoms with Gasteiger partial charge in [-0.2, -0.15) is 4.98 Å². The van der Waals surface area contributed by atoms with Crippen LogP contribution in [0.15, 0.2) is 51.6 Å². The van der Waals surface area contributed by atoms with E-state index in [-0.39, 0.29) is 5.92 Å². The van der Waals surface area contributed by atoms with Gasteiger partial charge in [-0.05, 0) is 24.7 Å². The van der Waals surface area contributed by atoms with Crippen LogP contribution in [0.2, 0.25) is 0 Å². The molecule has 0 amide bonds. The molecule has 2 heterocycles. The molecule has 0 N–H and O–H groups in total. The normalized spacial score (nSPS) is 11.5. The van der Waals surface area contributed by atoms with Crippen molar-refractivity contribution in [3.05, 3.63) is 59.9 Å². The fourth-order valence-electron chi connectivity index (χ4n) is 2.47. The number of rotatable bonds is 6. The number of hydrogen-bond acceptors (Lipinski definition) is 5. The first-order valence-corrected chi connectivity index (χ1v) is 7.76. The van der Waals surface area contributed by atoms with Crippen molar-refractivity contribution in [2.24, 2.45) is 0 Å². The van der Waals surface area contributed by atoms with Gasteiger partial charge in [-0.25, -0.2) is 0 Å². The van der Waals surface area contributed by atoms with E-state index in [1.54, 1.807) is 6.26 Å². The molecule has 0 aliphatic carbocycles. The zero-order valence-electron chi connectivity index (χ0n) is 13.7. The van der Waals surface area contributed by atoms with E-state index in [1.807, 2.05) is 31.3 Å². The summed E-state index contributed by atoms with van der Waals surface area (Å²) < 4.78 is 10.8. The lowest BCUT2D eigenvalue weighted by Crippen LogP contribution is -2.18. The van der Waals surface area contributed by atoms with E-state index in [0.717, 1.165) is 23.7 Å². The molecule has 0 fully saturated rings. The van der Waals surface area contributed by atoms with Crippen molar-refractivity contribution in [1.82, 2.24) is 15.0 Å². The van der Waals surface area contributed by atoms with Gasteiger partial charge in [0.05, 0.1) is 12.8 Å². The lowest BCUT2D eigenvalue weighted by molar-refractivity contribution is 0.260. The van der Waals surface area contributed by atoms with Crippen LogP contribution in [0, 0.1) is 0 Å². The molecule has 5 nitrogen and oxygen atoms in total. The SMILES string of the molecule is CC(C)c1noc(CN(C)Cc2ccccc2-c2ccco2)n1. The highest BCUT2D eigenvalue weighted by atomic mass is 16.5. The minimum Gasteiger partial charge on any atom is -0.464 e. The maximum absolute atomic E-state index is 5.53. The maximum atomic E-state index is 5.53. The highest BCUT2D eigenvalue weighted by molar-refractivity contribution is 5.61. The fraction of sp³-hybridized carbons (Fsp3) is 0.333. The van der Waals surface area contributed by atoms with Gasteiger partial charge in [0.1, 0.15) is 5.76 Å². The van der Waals surface area contributed by atoms with Crippen LogP contribution in [0.5, 0.6) is 0 Å². The number of hydrogen-bond donors (Lipinski definition) is 0. The Labute approximate surface area is 135 Å². The van der Waals surface area contributed by atoms with Crippen LogP contribution in [0.1, 0.15) is 37.0 Å². The van der Waals surface area contributed by atoms with Gasteiger partial charge in [0, 0.05) is 18.0 Å². The summed E-state index contributed by atoms with van der Waals surface area (Å²) in [6.45, 7) is 5.50. The van der Waals surface area contributed by atoms with Crippen molar-refractivity contribution in [3.63, 3.8) is 0 Å². The van der Waals surface area contributed by atoms with Crippen LogP contribution in [0.3, 0.4) is 0 Å². The zero-order chi connectivity index (χ0) is 16.2. The summed E-state index contributed by atoms with van der Waals surface area (Å²) >= 11 is 0. The molecule has 23 heavy (non-hydrogen) atoms. The topological polar surface area (TPSA) is 55.3 Å². The van der Waals surface area contributed by atoms with Gasteiger partial charge >= 0.3 is 0 Å². The van der Waals surface area contributed by atoms with Crippen molar-refractivity contribution in [3.8, 4) is 11.3 Å². The molecular formula is C18H21N3O2. The summed E-state index contributed by atoms with van der Waals surface area (Å²) in [5, 5.41) is 4.01. The molecule has 0 radical (unpaired) electrons. The lowest BCUT2D eigenvalue weighted by atomic mass is 10.1. The highest BCUT2D eigenvalue weighted by Crippen LogP contribution is 2.25. The van der Waals surface area contributed by atoms with Gasteiger partial charge in [-0.1, -0.05) is 43.3 Å². The summed E-state index contributed by atoms with van der Waals surface area (Å²) in [5.74, 6) is 2.56. The van der Waals surface area contributed by atoms with Gasteiger partial charge < -0.3 is 8.94 Å². The Morgan fingerprint density at radius 3 is 2.61 bits per heavy atom. The van der Waals surface area contributed by atoms with E-state index in [1.165, 1.54) is 5.56 Å². The second kappa shape index (κ2) is 6.79. The zero-order valence-corrected chi connectivity index (χ0v) is 13.7. The quantitative estimate of drug-likeness (QED) is 0.686. The lowest BCUT2D eigenvalue weighted by Gasteiger charge is -2.16. The van der Waals surface area contributed by atoms with Gasteiger partial charge in [0.2, 0.25) is 5.89 Å². The monoisotopic (exact) mass is 311 g/mol. The van der Waals surface area contributed by atoms with Crippen LogP contribution in [0.4, 0.5) is 0 Å². The first-order valence-electron chi connectivity index (χ1n) is 7.76. The maximum Gasteiger partial charge on any atom is 0.240 e. The molecule has 0 spiro atoms. The molecule has 2 aromatic heterocycles. The van der Waals surface area contributed by atoms with E-state index in [4.69, 9.17) is 8.94 Å². The minimum absolute atomic E-state index is 0.275. The predicted octanol–water partition coefficient (Wildman–Crippen LogP) is 4.09. The highest BCUT2D eigenvalue weighted by Gasteiger charge is 2.13. The molecule has 3 rings (SSSR count). The second-order valence-corrected chi connectivity index (χ2v) is 6.01. The van der Waals surface area contributed by atoms with Crippen molar-refractivity contribution < 1.29 is 8.94 Å².